The number of carbonyl (C=O) groups excluding carboxylic acids is 1. The monoisotopic (exact) mass is 265 g/mol. The molecule has 0 spiro atoms. The highest BCUT2D eigenvalue weighted by molar-refractivity contribution is 5.61. The van der Waals surface area contributed by atoms with Crippen LogP contribution in [0.1, 0.15) is 27.2 Å². The predicted octanol–water partition coefficient (Wildman–Crippen LogP) is 2.73. The number of likely N-dealkylation sites (N-methyl/N-ethyl adjacent to an activating group) is 1. The molecule has 2 N–H and O–H groups in total. The SMILES string of the molecule is CC(C)(C)OC(=O)[N+]1(C)C=C(C=CCCN)C=CC1. The van der Waals surface area contributed by atoms with Crippen LogP contribution in [0.4, 0.5) is 4.79 Å². The lowest BCUT2D eigenvalue weighted by molar-refractivity contribution is -0.780. The molecular weight excluding hydrogens is 240 g/mol. The fraction of sp³-hybridized carbons (Fsp3) is 0.533. The molecule has 1 amide bonds. The molecule has 0 saturated carbocycles. The van der Waals surface area contributed by atoms with E-state index in [9.17, 15) is 4.79 Å². The van der Waals surface area contributed by atoms with E-state index in [0.29, 0.717) is 13.1 Å². The number of amides is 1. The van der Waals surface area contributed by atoms with Crippen molar-refractivity contribution in [2.24, 2.45) is 5.73 Å². The van der Waals surface area contributed by atoms with E-state index in [-0.39, 0.29) is 10.6 Å². The minimum absolute atomic E-state index is 0.135. The standard InChI is InChI=1S/C15H25N2O2/c1-15(2,3)19-14(18)17(4)11-7-9-13(12-17)8-5-6-10-16/h5,7-9,12H,6,10-11,16H2,1-4H3/q+1. The highest BCUT2D eigenvalue weighted by Crippen LogP contribution is 2.20. The largest absolute Gasteiger partial charge is 0.521 e. The molecule has 0 radical (unpaired) electrons. The van der Waals surface area contributed by atoms with Crippen LogP contribution in [0.25, 0.3) is 0 Å². The lowest BCUT2D eigenvalue weighted by Gasteiger charge is -2.30. The Morgan fingerprint density at radius 2 is 2.21 bits per heavy atom. The Bertz CT molecular complexity index is 416. The van der Waals surface area contributed by atoms with E-state index in [2.05, 4.69) is 0 Å². The topological polar surface area (TPSA) is 52.3 Å². The van der Waals surface area contributed by atoms with Gasteiger partial charge in [0.15, 0.2) is 0 Å². The van der Waals surface area contributed by atoms with Crippen LogP contribution in [0.5, 0.6) is 0 Å². The van der Waals surface area contributed by atoms with Gasteiger partial charge in [0, 0.05) is 5.57 Å². The predicted molar refractivity (Wildman–Crippen MR) is 77.3 cm³/mol. The number of hydrogen-bond acceptors (Lipinski definition) is 3. The summed E-state index contributed by atoms with van der Waals surface area (Å²) < 4.78 is 5.60. The second kappa shape index (κ2) is 6.17. The van der Waals surface area contributed by atoms with Crippen molar-refractivity contribution in [1.82, 2.24) is 0 Å². The molecule has 0 saturated heterocycles. The van der Waals surface area contributed by atoms with Crippen LogP contribution >= 0.6 is 0 Å². The van der Waals surface area contributed by atoms with E-state index >= 15 is 0 Å². The molecule has 1 heterocycles. The van der Waals surface area contributed by atoms with Crippen molar-refractivity contribution in [1.29, 1.82) is 0 Å². The minimum atomic E-state index is -0.469. The minimum Gasteiger partial charge on any atom is -0.414 e. The van der Waals surface area contributed by atoms with Crippen LogP contribution < -0.4 is 5.73 Å². The Morgan fingerprint density at radius 1 is 1.53 bits per heavy atom. The molecule has 1 atom stereocenters. The molecule has 106 valence electrons. The number of quaternary nitrogens is 1. The first-order valence-corrected chi connectivity index (χ1v) is 6.62. The number of carbonyl (C=O) groups is 1. The van der Waals surface area contributed by atoms with Gasteiger partial charge in [0.2, 0.25) is 0 Å². The molecule has 0 fully saturated rings. The summed E-state index contributed by atoms with van der Waals surface area (Å²) in [7, 11) is 1.86. The van der Waals surface area contributed by atoms with Gasteiger partial charge in [0.05, 0.1) is 7.05 Å². The molecule has 0 aliphatic carbocycles. The van der Waals surface area contributed by atoms with E-state index in [1.807, 2.05) is 58.3 Å². The van der Waals surface area contributed by atoms with E-state index in [0.717, 1.165) is 12.0 Å². The first-order valence-electron chi connectivity index (χ1n) is 6.62. The molecule has 1 aliphatic rings. The Morgan fingerprint density at radius 3 is 2.79 bits per heavy atom. The van der Waals surface area contributed by atoms with Gasteiger partial charge < -0.3 is 10.5 Å². The van der Waals surface area contributed by atoms with E-state index < -0.39 is 5.60 Å². The average molecular weight is 265 g/mol. The fourth-order valence-corrected chi connectivity index (χ4v) is 1.74. The third kappa shape index (κ3) is 5.01. The second-order valence-electron chi connectivity index (χ2n) is 5.94. The molecule has 1 rings (SSSR count). The summed E-state index contributed by atoms with van der Waals surface area (Å²) in [5.74, 6) is 0. The molecule has 0 aromatic rings. The Hall–Kier alpha value is -1.39. The lowest BCUT2D eigenvalue weighted by Crippen LogP contribution is -2.48. The normalized spacial score (nSPS) is 23.5. The van der Waals surface area contributed by atoms with Gasteiger partial charge in [-0.2, -0.15) is 9.28 Å². The highest BCUT2D eigenvalue weighted by atomic mass is 16.6. The van der Waals surface area contributed by atoms with Crippen molar-refractivity contribution >= 4 is 6.09 Å². The quantitative estimate of drug-likeness (QED) is 0.798. The van der Waals surface area contributed by atoms with Gasteiger partial charge in [-0.1, -0.05) is 12.2 Å². The molecule has 1 unspecified atom stereocenters. The van der Waals surface area contributed by atoms with Gasteiger partial charge in [-0.25, -0.2) is 0 Å². The molecule has 0 bridgehead atoms. The zero-order valence-electron chi connectivity index (χ0n) is 12.3. The third-order valence-corrected chi connectivity index (χ3v) is 2.68. The van der Waals surface area contributed by atoms with Crippen molar-refractivity contribution < 1.29 is 14.0 Å². The number of rotatable bonds is 3. The number of ether oxygens (including phenoxy) is 1. The average Bonchev–Trinajstić information content (AvgIpc) is 2.27. The van der Waals surface area contributed by atoms with Crippen molar-refractivity contribution in [3.63, 3.8) is 0 Å². The van der Waals surface area contributed by atoms with Crippen molar-refractivity contribution in [2.45, 2.75) is 32.8 Å². The van der Waals surface area contributed by atoms with Gasteiger partial charge in [0.25, 0.3) is 0 Å². The van der Waals surface area contributed by atoms with Crippen LogP contribution in [0.15, 0.2) is 36.1 Å². The van der Waals surface area contributed by atoms with Crippen molar-refractivity contribution in [3.05, 3.63) is 36.1 Å². The van der Waals surface area contributed by atoms with Gasteiger partial charge in [-0.05, 0) is 45.9 Å². The first-order chi connectivity index (χ1) is 8.77. The van der Waals surface area contributed by atoms with Crippen LogP contribution in [0.2, 0.25) is 0 Å². The summed E-state index contributed by atoms with van der Waals surface area (Å²) in [6, 6.07) is 0. The molecule has 1 aliphatic heterocycles. The van der Waals surface area contributed by atoms with Crippen molar-refractivity contribution in [2.75, 3.05) is 20.1 Å². The summed E-state index contributed by atoms with van der Waals surface area (Å²) in [4.78, 5) is 12.2. The maximum absolute atomic E-state index is 12.2. The maximum atomic E-state index is 12.2. The number of hydrogen-bond donors (Lipinski definition) is 1. The molecule has 0 aromatic carbocycles. The zero-order chi connectivity index (χ0) is 14.5. The lowest BCUT2D eigenvalue weighted by atomic mass is 10.1. The smallest absolute Gasteiger partial charge is 0.414 e. The molecule has 19 heavy (non-hydrogen) atoms. The van der Waals surface area contributed by atoms with E-state index in [1.165, 1.54) is 0 Å². The molecule has 0 aromatic heterocycles. The van der Waals surface area contributed by atoms with Crippen LogP contribution in [-0.2, 0) is 4.74 Å². The zero-order valence-corrected chi connectivity index (χ0v) is 12.3. The summed E-state index contributed by atoms with van der Waals surface area (Å²) in [5, 5.41) is 0. The third-order valence-electron chi connectivity index (χ3n) is 2.68. The summed E-state index contributed by atoms with van der Waals surface area (Å²) in [5.41, 5.74) is 5.99. The summed E-state index contributed by atoms with van der Waals surface area (Å²) >= 11 is 0. The second-order valence-corrected chi connectivity index (χ2v) is 5.94. The van der Waals surface area contributed by atoms with Crippen LogP contribution in [0, 0.1) is 0 Å². The molecular formula is C15H25N2O2+. The maximum Gasteiger partial charge on any atom is 0.521 e. The Balaban J connectivity index is 2.82. The van der Waals surface area contributed by atoms with Gasteiger partial charge >= 0.3 is 6.09 Å². The fourth-order valence-electron chi connectivity index (χ4n) is 1.74. The Labute approximate surface area is 115 Å². The van der Waals surface area contributed by atoms with Crippen LogP contribution in [-0.4, -0.2) is 36.3 Å². The van der Waals surface area contributed by atoms with E-state index in [1.54, 1.807) is 0 Å². The first kappa shape index (κ1) is 15.7. The van der Waals surface area contributed by atoms with Crippen molar-refractivity contribution in [3.8, 4) is 0 Å². The highest BCUT2D eigenvalue weighted by Gasteiger charge is 2.35. The van der Waals surface area contributed by atoms with Gasteiger partial charge in [-0.15, -0.1) is 0 Å². The van der Waals surface area contributed by atoms with E-state index in [4.69, 9.17) is 10.5 Å². The molecule has 4 nitrogen and oxygen atoms in total. The molecule has 4 heteroatoms. The summed E-state index contributed by atoms with van der Waals surface area (Å²) in [6.07, 6.45) is 10.5. The number of nitrogens with two attached hydrogens (primary N) is 1. The van der Waals surface area contributed by atoms with Crippen LogP contribution in [0.3, 0.4) is 0 Å². The van der Waals surface area contributed by atoms with Gasteiger partial charge in [0.1, 0.15) is 18.3 Å². The summed E-state index contributed by atoms with van der Waals surface area (Å²) in [6.45, 7) is 6.88. The number of nitrogens with zero attached hydrogens (tertiary/aromatic N) is 1. The van der Waals surface area contributed by atoms with Gasteiger partial charge in [-0.3, -0.25) is 0 Å². The Kier molecular flexibility index (Phi) is 5.09. The number of allylic oxidation sites excluding steroid dienone is 3.